The number of fused-ring (bicyclic) bond motifs is 4. The average molecular weight is 647 g/mol. The lowest BCUT2D eigenvalue weighted by Crippen LogP contribution is -2.13. The van der Waals surface area contributed by atoms with Crippen LogP contribution in [0.15, 0.2) is 84.9 Å². The van der Waals surface area contributed by atoms with Gasteiger partial charge in [-0.3, -0.25) is 0 Å². The molecule has 6 heteroatoms. The zero-order chi connectivity index (χ0) is 28.9. The largest absolute Gasteiger partial charge is 0.494 e. The summed E-state index contributed by atoms with van der Waals surface area (Å²) in [6.07, 6.45) is 1.92. The van der Waals surface area contributed by atoms with Gasteiger partial charge in [-0.2, -0.15) is 0 Å². The molecule has 0 radical (unpaired) electrons. The highest BCUT2D eigenvalue weighted by molar-refractivity contribution is 8.21. The van der Waals surface area contributed by atoms with Gasteiger partial charge in [0.15, 0.2) is 0 Å². The van der Waals surface area contributed by atoms with Gasteiger partial charge in [-0.15, -0.1) is 47.0 Å². The Morgan fingerprint density at radius 2 is 0.864 bits per heavy atom. The third-order valence-electron chi connectivity index (χ3n) is 9.75. The monoisotopic (exact) mass is 646 g/mol. The number of benzene rings is 6. The van der Waals surface area contributed by atoms with Crippen LogP contribution in [0.5, 0.6) is 11.5 Å². The molecule has 0 unspecified atom stereocenters. The fraction of sp³-hybridized carbons (Fsp3) is 0.263. The van der Waals surface area contributed by atoms with E-state index in [1.807, 2.05) is 0 Å². The summed E-state index contributed by atoms with van der Waals surface area (Å²) in [6.45, 7) is 1.40. The fourth-order valence-electron chi connectivity index (χ4n) is 7.99. The molecular weight excluding hydrogens is 617 g/mol. The lowest BCUT2D eigenvalue weighted by Gasteiger charge is -2.25. The van der Waals surface area contributed by atoms with Crippen molar-refractivity contribution in [1.82, 2.24) is 0 Å². The maximum Gasteiger partial charge on any atom is 0.120 e. The van der Waals surface area contributed by atoms with Gasteiger partial charge < -0.3 is 9.47 Å². The van der Waals surface area contributed by atoms with E-state index in [1.54, 1.807) is 0 Å². The summed E-state index contributed by atoms with van der Waals surface area (Å²) >= 11 is 8.38. The first-order chi connectivity index (χ1) is 21.8. The smallest absolute Gasteiger partial charge is 0.120 e. The van der Waals surface area contributed by atoms with Gasteiger partial charge in [0.2, 0.25) is 0 Å². The summed E-state index contributed by atoms with van der Waals surface area (Å²) in [5.41, 5.74) is 5.84. The van der Waals surface area contributed by atoms with E-state index in [9.17, 15) is 0 Å². The predicted octanol–water partition coefficient (Wildman–Crippen LogP) is 10.5. The van der Waals surface area contributed by atoms with Crippen LogP contribution >= 0.6 is 47.0 Å². The van der Waals surface area contributed by atoms with E-state index in [1.165, 1.54) is 88.4 Å². The Morgan fingerprint density at radius 3 is 1.32 bits per heavy atom. The van der Waals surface area contributed by atoms with E-state index in [0.717, 1.165) is 24.3 Å². The van der Waals surface area contributed by atoms with E-state index < -0.39 is 0 Å². The molecule has 218 valence electrons. The van der Waals surface area contributed by atoms with Crippen LogP contribution in [-0.2, 0) is 8.16 Å². The molecule has 10 rings (SSSR count). The molecule has 2 aliphatic carbocycles. The topological polar surface area (TPSA) is 18.5 Å². The molecule has 2 aliphatic heterocycles. The zero-order valence-electron chi connectivity index (χ0n) is 24.2. The van der Waals surface area contributed by atoms with Gasteiger partial charge in [0.25, 0.3) is 0 Å². The standard InChI is InChI=1S/C38H30O2S4/c1(13-39-27-19-25-11-9-23-5-3-7-29-33(23)35(25)31(21-27)37(29)41-15-16-42-37)2-14-40-28-20-26-12-10-24-6-4-8-30-34(24)36(26)32(22-28)38(30)43-17-18-44-38/h3-12,19-22H,1-2,13-18H2. The number of hydrogen-bond donors (Lipinski definition) is 0. The number of unbranched alkanes of at least 4 members (excludes halogenated alkanes) is 1. The molecule has 0 N–H and O–H groups in total. The summed E-state index contributed by atoms with van der Waals surface area (Å²) in [7, 11) is 0. The van der Waals surface area contributed by atoms with Gasteiger partial charge in [-0.25, -0.2) is 0 Å². The highest BCUT2D eigenvalue weighted by Gasteiger charge is 2.47. The molecule has 6 aromatic rings. The Morgan fingerprint density at radius 1 is 0.455 bits per heavy atom. The molecule has 0 aromatic heterocycles. The van der Waals surface area contributed by atoms with Crippen molar-refractivity contribution in [3.63, 3.8) is 0 Å². The Kier molecular flexibility index (Phi) is 5.99. The van der Waals surface area contributed by atoms with E-state index >= 15 is 0 Å². The molecule has 4 aliphatic rings. The third-order valence-corrected chi connectivity index (χ3v) is 16.7. The zero-order valence-corrected chi connectivity index (χ0v) is 27.5. The Balaban J connectivity index is 0.854. The molecule has 0 saturated carbocycles. The maximum absolute atomic E-state index is 6.43. The van der Waals surface area contributed by atoms with E-state index in [0.29, 0.717) is 13.2 Å². The molecule has 44 heavy (non-hydrogen) atoms. The van der Waals surface area contributed by atoms with Crippen molar-refractivity contribution in [2.45, 2.75) is 21.0 Å². The van der Waals surface area contributed by atoms with Crippen LogP contribution in [0.3, 0.4) is 0 Å². The minimum absolute atomic E-state index is 0.00998. The summed E-state index contributed by atoms with van der Waals surface area (Å²) in [5.74, 6) is 6.75. The summed E-state index contributed by atoms with van der Waals surface area (Å²) in [6, 6.07) is 31.9. The SMILES string of the molecule is c1cc2c3c(c1)ccc1cc(OCCCCOc4cc5c6c(ccc7cccc(c76)C56SCCS6)c4)cc(c13)C21SCCS1. The van der Waals surface area contributed by atoms with Crippen LogP contribution in [0, 0.1) is 0 Å². The molecule has 2 fully saturated rings. The fourth-order valence-corrected chi connectivity index (χ4v) is 14.7. The second-order valence-electron chi connectivity index (χ2n) is 12.1. The highest BCUT2D eigenvalue weighted by atomic mass is 32.2. The first-order valence-corrected chi connectivity index (χ1v) is 19.5. The van der Waals surface area contributed by atoms with Crippen LogP contribution in [0.4, 0.5) is 0 Å². The van der Waals surface area contributed by atoms with Gasteiger partial charge >= 0.3 is 0 Å². The molecule has 2 saturated heterocycles. The first kappa shape index (κ1) is 26.6. The molecule has 0 amide bonds. The Bertz CT molecular complexity index is 2010. The number of thioether (sulfide) groups is 4. The van der Waals surface area contributed by atoms with Crippen LogP contribution in [0.2, 0.25) is 0 Å². The molecule has 2 heterocycles. The second-order valence-corrected chi connectivity index (χ2v) is 17.9. The van der Waals surface area contributed by atoms with Crippen molar-refractivity contribution >= 4 is 90.1 Å². The van der Waals surface area contributed by atoms with Crippen molar-refractivity contribution < 1.29 is 9.47 Å². The minimum atomic E-state index is 0.00998. The number of hydrogen-bond acceptors (Lipinski definition) is 6. The molecule has 0 atom stereocenters. The van der Waals surface area contributed by atoms with Gasteiger partial charge in [0.1, 0.15) is 19.7 Å². The van der Waals surface area contributed by atoms with Crippen LogP contribution in [0.1, 0.15) is 35.1 Å². The van der Waals surface area contributed by atoms with Gasteiger partial charge in [-0.05, 0) is 102 Å². The van der Waals surface area contributed by atoms with Crippen molar-refractivity contribution in [2.75, 3.05) is 36.2 Å². The van der Waals surface area contributed by atoms with Crippen LogP contribution in [-0.4, -0.2) is 36.2 Å². The van der Waals surface area contributed by atoms with Gasteiger partial charge in [-0.1, -0.05) is 60.7 Å². The normalized spacial score (nSPS) is 18.5. The lowest BCUT2D eigenvalue weighted by molar-refractivity contribution is 0.266. The molecule has 0 bridgehead atoms. The lowest BCUT2D eigenvalue weighted by atomic mass is 10.0. The minimum Gasteiger partial charge on any atom is -0.494 e. The molecule has 2 spiro atoms. The van der Waals surface area contributed by atoms with E-state index in [4.69, 9.17) is 9.47 Å². The molecule has 2 nitrogen and oxygen atoms in total. The summed E-state index contributed by atoms with van der Waals surface area (Å²) < 4.78 is 12.9. The van der Waals surface area contributed by atoms with Crippen LogP contribution < -0.4 is 9.47 Å². The second kappa shape index (κ2) is 9.93. The van der Waals surface area contributed by atoms with Gasteiger partial charge in [0, 0.05) is 23.0 Å². The third kappa shape index (κ3) is 3.63. The van der Waals surface area contributed by atoms with Crippen molar-refractivity contribution in [3.8, 4) is 11.5 Å². The molecule has 6 aromatic carbocycles. The quantitative estimate of drug-likeness (QED) is 0.126. The van der Waals surface area contributed by atoms with E-state index in [2.05, 4.69) is 132 Å². The maximum atomic E-state index is 6.43. The summed E-state index contributed by atoms with van der Waals surface area (Å²) in [4.78, 5) is 0. The number of rotatable bonds is 7. The van der Waals surface area contributed by atoms with Crippen molar-refractivity contribution in [1.29, 1.82) is 0 Å². The number of ether oxygens (including phenoxy) is 2. The summed E-state index contributed by atoms with van der Waals surface area (Å²) in [5, 5.41) is 11.0. The predicted molar refractivity (Wildman–Crippen MR) is 195 cm³/mol. The van der Waals surface area contributed by atoms with Gasteiger partial charge in [0.05, 0.1) is 13.2 Å². The van der Waals surface area contributed by atoms with Crippen LogP contribution in [0.25, 0.3) is 43.1 Å². The average Bonchev–Trinajstić information content (AvgIpc) is 3.86. The van der Waals surface area contributed by atoms with E-state index in [-0.39, 0.29) is 8.16 Å². The first-order valence-electron chi connectivity index (χ1n) is 15.6. The van der Waals surface area contributed by atoms with Crippen molar-refractivity contribution in [3.05, 3.63) is 107 Å². The molecular formula is C38H30O2S4. The highest BCUT2D eigenvalue weighted by Crippen LogP contribution is 2.65. The Labute approximate surface area is 274 Å². The Hall–Kier alpha value is -2.64. The van der Waals surface area contributed by atoms with Crippen molar-refractivity contribution in [2.24, 2.45) is 0 Å².